The second-order valence-electron chi connectivity index (χ2n) is 4.48. The van der Waals surface area contributed by atoms with Gasteiger partial charge in [0.05, 0.1) is 14.2 Å². The van der Waals surface area contributed by atoms with Gasteiger partial charge in [-0.1, -0.05) is 0 Å². The van der Waals surface area contributed by atoms with E-state index < -0.39 is 0 Å². The second kappa shape index (κ2) is 5.87. The van der Waals surface area contributed by atoms with Crippen molar-refractivity contribution >= 4 is 5.78 Å². The molecule has 0 aliphatic carbocycles. The maximum absolute atomic E-state index is 12.3. The van der Waals surface area contributed by atoms with Crippen molar-refractivity contribution in [1.82, 2.24) is 5.32 Å². The van der Waals surface area contributed by atoms with E-state index in [1.165, 1.54) is 0 Å². The fraction of sp³-hybridized carbons (Fsp3) is 0.500. The van der Waals surface area contributed by atoms with Gasteiger partial charge >= 0.3 is 0 Å². The van der Waals surface area contributed by atoms with E-state index in [9.17, 15) is 4.79 Å². The Labute approximate surface area is 107 Å². The summed E-state index contributed by atoms with van der Waals surface area (Å²) in [7, 11) is 3.17. The number of benzene rings is 1. The van der Waals surface area contributed by atoms with Gasteiger partial charge in [0, 0.05) is 18.0 Å². The molecule has 1 N–H and O–H groups in total. The van der Waals surface area contributed by atoms with Crippen LogP contribution in [0.4, 0.5) is 0 Å². The summed E-state index contributed by atoms with van der Waals surface area (Å²) in [6, 6.07) is 5.34. The standard InChI is InChI=1S/C14H19NO3/c1-17-12-6-5-10(8-13(12)18-2)14(16)11-4-3-7-15-9-11/h5-6,8,11,15H,3-4,7,9H2,1-2H3. The molecule has 1 atom stereocenters. The van der Waals surface area contributed by atoms with Gasteiger partial charge in [0.1, 0.15) is 0 Å². The largest absolute Gasteiger partial charge is 0.493 e. The number of ether oxygens (including phenoxy) is 2. The highest BCUT2D eigenvalue weighted by Gasteiger charge is 2.23. The van der Waals surface area contributed by atoms with E-state index in [2.05, 4.69) is 5.32 Å². The predicted octanol–water partition coefficient (Wildman–Crippen LogP) is 1.89. The lowest BCUT2D eigenvalue weighted by Crippen LogP contribution is -2.34. The molecule has 1 heterocycles. The molecule has 18 heavy (non-hydrogen) atoms. The molecule has 98 valence electrons. The van der Waals surface area contributed by atoms with Gasteiger partial charge < -0.3 is 14.8 Å². The maximum atomic E-state index is 12.3. The third-order valence-electron chi connectivity index (χ3n) is 3.34. The fourth-order valence-electron chi connectivity index (χ4n) is 2.30. The van der Waals surface area contributed by atoms with Crippen molar-refractivity contribution in [2.75, 3.05) is 27.3 Å². The van der Waals surface area contributed by atoms with E-state index in [1.807, 2.05) is 0 Å². The van der Waals surface area contributed by atoms with Crippen LogP contribution in [0.5, 0.6) is 11.5 Å². The van der Waals surface area contributed by atoms with Gasteiger partial charge in [0.25, 0.3) is 0 Å². The minimum atomic E-state index is 0.0804. The van der Waals surface area contributed by atoms with Gasteiger partial charge in [-0.05, 0) is 37.6 Å². The van der Waals surface area contributed by atoms with Gasteiger partial charge in [-0.25, -0.2) is 0 Å². The van der Waals surface area contributed by atoms with E-state index in [4.69, 9.17) is 9.47 Å². The Bertz CT molecular complexity index is 425. The molecule has 1 fully saturated rings. The number of hydrogen-bond acceptors (Lipinski definition) is 4. The molecule has 4 heteroatoms. The molecule has 1 aliphatic rings. The van der Waals surface area contributed by atoms with Crippen LogP contribution in [0.25, 0.3) is 0 Å². The Morgan fingerprint density at radius 2 is 2.06 bits per heavy atom. The van der Waals surface area contributed by atoms with E-state index >= 15 is 0 Å². The molecule has 1 aliphatic heterocycles. The third-order valence-corrected chi connectivity index (χ3v) is 3.34. The van der Waals surface area contributed by atoms with Crippen LogP contribution in [0.2, 0.25) is 0 Å². The van der Waals surface area contributed by atoms with Crippen molar-refractivity contribution in [3.63, 3.8) is 0 Å². The van der Waals surface area contributed by atoms with Crippen molar-refractivity contribution in [1.29, 1.82) is 0 Å². The molecule has 0 spiro atoms. The molecule has 1 aromatic carbocycles. The quantitative estimate of drug-likeness (QED) is 0.828. The smallest absolute Gasteiger partial charge is 0.167 e. The summed E-state index contributed by atoms with van der Waals surface area (Å²) in [5.41, 5.74) is 0.696. The number of methoxy groups -OCH3 is 2. The van der Waals surface area contributed by atoms with Gasteiger partial charge in [0.2, 0.25) is 0 Å². The number of carbonyl (C=O) groups excluding carboxylic acids is 1. The molecule has 0 amide bonds. The molecule has 1 aromatic rings. The molecule has 0 radical (unpaired) electrons. The highest BCUT2D eigenvalue weighted by atomic mass is 16.5. The van der Waals surface area contributed by atoms with Crippen molar-refractivity contribution < 1.29 is 14.3 Å². The number of ketones is 1. The first-order valence-corrected chi connectivity index (χ1v) is 6.23. The monoisotopic (exact) mass is 249 g/mol. The molecule has 0 aromatic heterocycles. The van der Waals surface area contributed by atoms with Crippen molar-refractivity contribution in [3.05, 3.63) is 23.8 Å². The highest BCUT2D eigenvalue weighted by molar-refractivity contribution is 5.98. The van der Waals surface area contributed by atoms with Crippen LogP contribution >= 0.6 is 0 Å². The molecule has 0 bridgehead atoms. The summed E-state index contributed by atoms with van der Waals surface area (Å²) in [4.78, 5) is 12.3. The summed E-state index contributed by atoms with van der Waals surface area (Å²) in [6.45, 7) is 1.78. The van der Waals surface area contributed by atoms with Crippen LogP contribution in [-0.4, -0.2) is 33.1 Å². The summed E-state index contributed by atoms with van der Waals surface area (Å²) in [5, 5.41) is 3.26. The Morgan fingerprint density at radius 1 is 1.28 bits per heavy atom. The van der Waals surface area contributed by atoms with Gasteiger partial charge in [-0.2, -0.15) is 0 Å². The normalized spacial score (nSPS) is 19.3. The summed E-state index contributed by atoms with van der Waals surface area (Å²) >= 11 is 0. The number of carbonyl (C=O) groups is 1. The third kappa shape index (κ3) is 2.64. The SMILES string of the molecule is COc1ccc(C(=O)C2CCCNC2)cc1OC. The summed E-state index contributed by atoms with van der Waals surface area (Å²) in [6.07, 6.45) is 2.02. The Kier molecular flexibility index (Phi) is 4.20. The van der Waals surface area contributed by atoms with Crippen LogP contribution in [-0.2, 0) is 0 Å². The van der Waals surface area contributed by atoms with Crippen LogP contribution < -0.4 is 14.8 Å². The molecule has 4 nitrogen and oxygen atoms in total. The van der Waals surface area contributed by atoms with Crippen molar-refractivity contribution in [2.45, 2.75) is 12.8 Å². The highest BCUT2D eigenvalue weighted by Crippen LogP contribution is 2.29. The van der Waals surface area contributed by atoms with E-state index in [0.29, 0.717) is 17.1 Å². The first-order valence-electron chi connectivity index (χ1n) is 6.23. The lowest BCUT2D eigenvalue weighted by atomic mass is 9.91. The predicted molar refractivity (Wildman–Crippen MR) is 69.5 cm³/mol. The van der Waals surface area contributed by atoms with Crippen LogP contribution in [0.3, 0.4) is 0 Å². The maximum Gasteiger partial charge on any atom is 0.167 e. The van der Waals surface area contributed by atoms with Crippen LogP contribution in [0.1, 0.15) is 23.2 Å². The number of nitrogens with one attached hydrogen (secondary N) is 1. The molecule has 0 saturated carbocycles. The molecular formula is C14H19NO3. The minimum absolute atomic E-state index is 0.0804. The van der Waals surface area contributed by atoms with E-state index in [1.54, 1.807) is 32.4 Å². The zero-order chi connectivity index (χ0) is 13.0. The zero-order valence-corrected chi connectivity index (χ0v) is 10.9. The van der Waals surface area contributed by atoms with E-state index in [0.717, 1.165) is 25.9 Å². The number of Topliss-reactive ketones (excluding diaryl/α,β-unsaturated/α-hetero) is 1. The Hall–Kier alpha value is -1.55. The zero-order valence-electron chi connectivity index (χ0n) is 10.9. The summed E-state index contributed by atoms with van der Waals surface area (Å²) < 4.78 is 10.4. The average molecular weight is 249 g/mol. The second-order valence-corrected chi connectivity index (χ2v) is 4.48. The summed E-state index contributed by atoms with van der Waals surface area (Å²) in [5.74, 6) is 1.52. The number of hydrogen-bond donors (Lipinski definition) is 1. The fourth-order valence-corrected chi connectivity index (χ4v) is 2.30. The first-order chi connectivity index (χ1) is 8.76. The lowest BCUT2D eigenvalue weighted by Gasteiger charge is -2.21. The molecule has 1 unspecified atom stereocenters. The topological polar surface area (TPSA) is 47.6 Å². The molecule has 2 rings (SSSR count). The van der Waals surface area contributed by atoms with Gasteiger partial charge in [-0.3, -0.25) is 4.79 Å². The number of rotatable bonds is 4. The minimum Gasteiger partial charge on any atom is -0.493 e. The first kappa shape index (κ1) is 12.9. The van der Waals surface area contributed by atoms with Crippen molar-refractivity contribution in [2.24, 2.45) is 5.92 Å². The number of piperidine rings is 1. The Morgan fingerprint density at radius 3 is 2.67 bits per heavy atom. The van der Waals surface area contributed by atoms with E-state index in [-0.39, 0.29) is 11.7 Å². The van der Waals surface area contributed by atoms with Crippen LogP contribution in [0.15, 0.2) is 18.2 Å². The Balaban J connectivity index is 2.19. The van der Waals surface area contributed by atoms with Crippen molar-refractivity contribution in [3.8, 4) is 11.5 Å². The molecule has 1 saturated heterocycles. The average Bonchev–Trinajstić information content (AvgIpc) is 2.46. The lowest BCUT2D eigenvalue weighted by molar-refractivity contribution is 0.0899. The van der Waals surface area contributed by atoms with Gasteiger partial charge in [0.15, 0.2) is 17.3 Å². The van der Waals surface area contributed by atoms with Gasteiger partial charge in [-0.15, -0.1) is 0 Å². The molecular weight excluding hydrogens is 230 g/mol. The van der Waals surface area contributed by atoms with Crippen LogP contribution in [0, 0.1) is 5.92 Å².